The number of nitrogens with one attached hydrogen (secondary N) is 3. The van der Waals surface area contributed by atoms with Crippen LogP contribution in [0.4, 0.5) is 0 Å². The first-order valence-electron chi connectivity index (χ1n) is 13.6. The third-order valence-corrected chi connectivity index (χ3v) is 10.8. The molecule has 0 saturated carbocycles. The summed E-state index contributed by atoms with van der Waals surface area (Å²) in [6.45, 7) is 3.34. The zero-order valence-electron chi connectivity index (χ0n) is 23.5. The molecule has 42 heavy (non-hydrogen) atoms. The molecule has 2 aromatic carbocycles. The molecule has 1 saturated heterocycles. The fourth-order valence-corrected chi connectivity index (χ4v) is 7.57. The van der Waals surface area contributed by atoms with Crippen molar-refractivity contribution in [1.29, 1.82) is 5.41 Å². The summed E-state index contributed by atoms with van der Waals surface area (Å²) in [6, 6.07) is 13.9. The van der Waals surface area contributed by atoms with Gasteiger partial charge in [-0.1, -0.05) is 37.3 Å². The fourth-order valence-electron chi connectivity index (χ4n) is 5.69. The molecule has 4 atom stereocenters. The van der Waals surface area contributed by atoms with E-state index >= 15 is 0 Å². The molecule has 0 bridgehead atoms. The van der Waals surface area contributed by atoms with Crippen LogP contribution in [0.3, 0.4) is 0 Å². The zero-order valence-corrected chi connectivity index (χ0v) is 25.1. The predicted molar refractivity (Wildman–Crippen MR) is 162 cm³/mol. The SMILES string of the molecule is CC1c2ccccc2-c2ccc(C(=O)NCC(=O)N3CC(S(C)(=O)=O)C[C@H]3C(=O)N[C@H](C)c3cc(C(=N)N)cs3)cc21. The van der Waals surface area contributed by atoms with Crippen molar-refractivity contribution in [3.8, 4) is 11.1 Å². The minimum Gasteiger partial charge on any atom is -0.384 e. The van der Waals surface area contributed by atoms with Crippen molar-refractivity contribution in [3.63, 3.8) is 0 Å². The third kappa shape index (κ3) is 5.68. The molecule has 0 radical (unpaired) electrons. The van der Waals surface area contributed by atoms with Crippen LogP contribution in [0.5, 0.6) is 0 Å². The van der Waals surface area contributed by atoms with Crippen LogP contribution in [-0.4, -0.2) is 67.5 Å². The number of rotatable bonds is 8. The van der Waals surface area contributed by atoms with Crippen LogP contribution in [0.25, 0.3) is 11.1 Å². The van der Waals surface area contributed by atoms with E-state index in [4.69, 9.17) is 11.1 Å². The number of fused-ring (bicyclic) bond motifs is 3. The fraction of sp³-hybridized carbons (Fsp3) is 0.333. The average molecular weight is 608 g/mol. The van der Waals surface area contributed by atoms with Crippen molar-refractivity contribution in [1.82, 2.24) is 15.5 Å². The number of amidine groups is 1. The van der Waals surface area contributed by atoms with Gasteiger partial charge < -0.3 is 21.3 Å². The summed E-state index contributed by atoms with van der Waals surface area (Å²) in [5, 5.41) is 13.9. The maximum Gasteiger partial charge on any atom is 0.251 e. The average Bonchev–Trinajstić information content (AvgIpc) is 3.69. The number of sulfone groups is 1. The van der Waals surface area contributed by atoms with Gasteiger partial charge in [-0.2, -0.15) is 0 Å². The first-order chi connectivity index (χ1) is 19.8. The van der Waals surface area contributed by atoms with Crippen LogP contribution >= 0.6 is 11.3 Å². The zero-order chi connectivity index (χ0) is 30.3. The second-order valence-corrected chi connectivity index (χ2v) is 14.2. The molecule has 10 nitrogen and oxygen atoms in total. The smallest absolute Gasteiger partial charge is 0.251 e. The molecule has 1 aromatic heterocycles. The summed E-state index contributed by atoms with van der Waals surface area (Å²) in [5.74, 6) is -1.41. The monoisotopic (exact) mass is 607 g/mol. The summed E-state index contributed by atoms with van der Waals surface area (Å²) in [6.07, 6.45) is 1.05. The lowest BCUT2D eigenvalue weighted by molar-refractivity contribution is -0.137. The summed E-state index contributed by atoms with van der Waals surface area (Å²) in [7, 11) is -3.53. The van der Waals surface area contributed by atoms with E-state index in [2.05, 4.69) is 29.7 Å². The van der Waals surface area contributed by atoms with E-state index in [1.165, 1.54) is 21.8 Å². The standard InChI is InChI=1S/C30H33N5O5S2/c1-16-21-6-4-5-7-22(21)23-9-8-18(10-24(16)23)29(37)33-13-27(36)35-14-20(42(3,39)40)12-25(35)30(38)34-17(2)26-11-19(15-41-26)28(31)32/h4-11,15-17,20,25H,12-14H2,1-3H3,(H3,31,32)(H,33,37)(H,34,38)/t16?,17-,20?,25+/m1/s1. The predicted octanol–water partition coefficient (Wildman–Crippen LogP) is 2.79. The summed E-state index contributed by atoms with van der Waals surface area (Å²) in [5.41, 5.74) is 11.0. The molecule has 5 N–H and O–H groups in total. The van der Waals surface area contributed by atoms with Crippen molar-refractivity contribution in [2.75, 3.05) is 19.3 Å². The minimum absolute atomic E-state index is 0.0382. The number of nitrogen functional groups attached to an aromatic ring is 1. The van der Waals surface area contributed by atoms with Gasteiger partial charge in [-0.3, -0.25) is 19.8 Å². The molecule has 1 aliphatic heterocycles. The molecule has 3 amide bonds. The van der Waals surface area contributed by atoms with E-state index < -0.39 is 44.9 Å². The number of hydrogen-bond donors (Lipinski definition) is 4. The number of nitrogens with two attached hydrogens (primary N) is 1. The topological polar surface area (TPSA) is 163 Å². The van der Waals surface area contributed by atoms with Crippen LogP contribution in [0.15, 0.2) is 53.9 Å². The van der Waals surface area contributed by atoms with Gasteiger partial charge in [0.25, 0.3) is 5.91 Å². The summed E-state index contributed by atoms with van der Waals surface area (Å²) < 4.78 is 24.7. The van der Waals surface area contributed by atoms with Crippen LogP contribution in [0.2, 0.25) is 0 Å². The van der Waals surface area contributed by atoms with Gasteiger partial charge in [0.1, 0.15) is 11.9 Å². The van der Waals surface area contributed by atoms with Crippen LogP contribution in [-0.2, 0) is 19.4 Å². The highest BCUT2D eigenvalue weighted by Gasteiger charge is 2.43. The van der Waals surface area contributed by atoms with Crippen LogP contribution in [0.1, 0.15) is 64.2 Å². The number of thiophene rings is 1. The van der Waals surface area contributed by atoms with Gasteiger partial charge in [-0.25, -0.2) is 8.42 Å². The van der Waals surface area contributed by atoms with E-state index in [1.54, 1.807) is 24.4 Å². The van der Waals surface area contributed by atoms with Gasteiger partial charge in [0.2, 0.25) is 11.8 Å². The second kappa shape index (κ2) is 11.3. The molecule has 2 unspecified atom stereocenters. The number of hydrogen-bond acceptors (Lipinski definition) is 7. The lowest BCUT2D eigenvalue weighted by atomic mass is 9.97. The highest BCUT2D eigenvalue weighted by Crippen LogP contribution is 2.44. The normalized spacial score (nSPS) is 20.0. The molecule has 2 aliphatic rings. The van der Waals surface area contributed by atoms with E-state index in [0.29, 0.717) is 11.1 Å². The van der Waals surface area contributed by atoms with Crippen molar-refractivity contribution in [3.05, 3.63) is 81.0 Å². The van der Waals surface area contributed by atoms with E-state index in [0.717, 1.165) is 27.8 Å². The molecule has 0 spiro atoms. The molecular formula is C30H33N5O5S2. The maximum atomic E-state index is 13.3. The molecule has 2 heterocycles. The lowest BCUT2D eigenvalue weighted by Gasteiger charge is -2.25. The molecule has 3 aromatic rings. The number of benzene rings is 2. The number of carbonyl (C=O) groups excluding carboxylic acids is 3. The Kier molecular flexibility index (Phi) is 7.95. The van der Waals surface area contributed by atoms with Crippen molar-refractivity contribution < 1.29 is 22.8 Å². The molecule has 1 fully saturated rings. The third-order valence-electron chi connectivity index (χ3n) is 8.11. The molecule has 220 valence electrons. The minimum atomic E-state index is -3.53. The Morgan fingerprint density at radius 2 is 1.81 bits per heavy atom. The van der Waals surface area contributed by atoms with Gasteiger partial charge >= 0.3 is 0 Å². The first-order valence-corrected chi connectivity index (χ1v) is 16.4. The summed E-state index contributed by atoms with van der Waals surface area (Å²) in [4.78, 5) is 41.7. The number of amides is 3. The number of carbonyl (C=O) groups is 3. The maximum absolute atomic E-state index is 13.3. The van der Waals surface area contributed by atoms with Crippen LogP contribution < -0.4 is 16.4 Å². The van der Waals surface area contributed by atoms with Crippen LogP contribution in [0, 0.1) is 5.41 Å². The van der Waals surface area contributed by atoms with E-state index in [-0.39, 0.29) is 31.3 Å². The second-order valence-electron chi connectivity index (χ2n) is 10.9. The molecule has 1 aliphatic carbocycles. The number of nitrogens with zero attached hydrogens (tertiary/aromatic N) is 1. The Morgan fingerprint density at radius 3 is 2.50 bits per heavy atom. The molecule has 12 heteroatoms. The van der Waals surface area contributed by atoms with Crippen molar-refractivity contribution in [2.24, 2.45) is 5.73 Å². The van der Waals surface area contributed by atoms with Crippen molar-refractivity contribution in [2.45, 2.75) is 43.5 Å². The Labute approximate surface area is 248 Å². The van der Waals surface area contributed by atoms with Crippen molar-refractivity contribution >= 4 is 44.7 Å². The van der Waals surface area contributed by atoms with Gasteiger partial charge in [-0.05, 0) is 53.8 Å². The quantitative estimate of drug-likeness (QED) is 0.227. The molecule has 5 rings (SSSR count). The van der Waals surface area contributed by atoms with Gasteiger partial charge in [-0.15, -0.1) is 11.3 Å². The Hall–Kier alpha value is -4.03. The molecular weight excluding hydrogens is 574 g/mol. The first kappa shape index (κ1) is 29.5. The Morgan fingerprint density at radius 1 is 1.10 bits per heavy atom. The summed E-state index contributed by atoms with van der Waals surface area (Å²) >= 11 is 1.34. The van der Waals surface area contributed by atoms with Gasteiger partial charge in [0.15, 0.2) is 9.84 Å². The Balaban J connectivity index is 1.26. The lowest BCUT2D eigenvalue weighted by Crippen LogP contribution is -2.49. The van der Waals surface area contributed by atoms with Gasteiger partial charge in [0, 0.05) is 40.1 Å². The van der Waals surface area contributed by atoms with E-state index in [9.17, 15) is 22.8 Å². The highest BCUT2D eigenvalue weighted by molar-refractivity contribution is 7.91. The number of likely N-dealkylation sites (tertiary alicyclic amines) is 1. The van der Waals surface area contributed by atoms with E-state index in [1.807, 2.05) is 24.3 Å². The largest absolute Gasteiger partial charge is 0.384 e. The Bertz CT molecular complexity index is 1700. The highest BCUT2D eigenvalue weighted by atomic mass is 32.2. The van der Waals surface area contributed by atoms with Gasteiger partial charge in [0.05, 0.1) is 17.8 Å².